The van der Waals surface area contributed by atoms with Crippen molar-refractivity contribution in [2.24, 2.45) is 5.92 Å². The van der Waals surface area contributed by atoms with Crippen LogP contribution in [0.4, 0.5) is 5.69 Å². The molecule has 1 amide bonds. The lowest BCUT2D eigenvalue weighted by Crippen LogP contribution is -2.57. The number of nitrogens with one attached hydrogen (secondary N) is 1. The van der Waals surface area contributed by atoms with Crippen molar-refractivity contribution in [1.29, 1.82) is 0 Å². The number of nitrogen functional groups attached to an aromatic ring is 1. The van der Waals surface area contributed by atoms with Gasteiger partial charge in [-0.15, -0.1) is 12.4 Å². The normalized spacial score (nSPS) is 25.4. The Bertz CT molecular complexity index is 574. The highest BCUT2D eigenvalue weighted by Crippen LogP contribution is 2.32. The number of carbonyl (C=O) groups is 1. The summed E-state index contributed by atoms with van der Waals surface area (Å²) >= 11 is 0. The first-order chi connectivity index (χ1) is 10.6. The number of anilines is 1. The number of hydrogen-bond acceptors (Lipinski definition) is 5. The molecular weight excluding hydrogens is 318 g/mol. The van der Waals surface area contributed by atoms with Crippen molar-refractivity contribution in [3.63, 3.8) is 0 Å². The van der Waals surface area contributed by atoms with E-state index < -0.39 is 0 Å². The standard InChI is InChI=1S/C16H23N3O3.ClH/c1-21-14-8-12(17)15(22-2)7-11(14)16(20)18-13-9-19-5-3-10(13)4-6-19;/h7-8,10,13H,3-6,9,17H2,1-2H3,(H,18,20);1H. The highest BCUT2D eigenvalue weighted by Gasteiger charge is 2.35. The van der Waals surface area contributed by atoms with Gasteiger partial charge in [0.15, 0.2) is 0 Å². The van der Waals surface area contributed by atoms with Crippen molar-refractivity contribution in [3.05, 3.63) is 17.7 Å². The average molecular weight is 342 g/mol. The van der Waals surface area contributed by atoms with Gasteiger partial charge in [0.05, 0.1) is 25.5 Å². The molecule has 1 atom stereocenters. The maximum Gasteiger partial charge on any atom is 0.255 e. The summed E-state index contributed by atoms with van der Waals surface area (Å²) in [4.78, 5) is 15.1. The van der Waals surface area contributed by atoms with Gasteiger partial charge in [-0.25, -0.2) is 0 Å². The highest BCUT2D eigenvalue weighted by molar-refractivity contribution is 5.98. The molecule has 7 heteroatoms. The molecule has 1 unspecified atom stereocenters. The molecule has 4 rings (SSSR count). The first kappa shape index (κ1) is 17.7. The van der Waals surface area contributed by atoms with Gasteiger partial charge in [-0.05, 0) is 37.9 Å². The molecule has 3 heterocycles. The van der Waals surface area contributed by atoms with Crippen molar-refractivity contribution < 1.29 is 14.3 Å². The van der Waals surface area contributed by atoms with Crippen LogP contribution in [0.2, 0.25) is 0 Å². The van der Waals surface area contributed by atoms with Crippen molar-refractivity contribution in [2.75, 3.05) is 39.6 Å². The molecule has 128 valence electrons. The molecule has 23 heavy (non-hydrogen) atoms. The number of benzene rings is 1. The Morgan fingerprint density at radius 3 is 2.39 bits per heavy atom. The van der Waals surface area contributed by atoms with Crippen LogP contribution in [0.5, 0.6) is 11.5 Å². The zero-order chi connectivity index (χ0) is 15.7. The summed E-state index contributed by atoms with van der Waals surface area (Å²) in [6, 6.07) is 3.48. The van der Waals surface area contributed by atoms with Crippen molar-refractivity contribution in [3.8, 4) is 11.5 Å². The van der Waals surface area contributed by atoms with Crippen LogP contribution in [0.15, 0.2) is 12.1 Å². The lowest BCUT2D eigenvalue weighted by Gasteiger charge is -2.44. The Balaban J connectivity index is 0.00000192. The molecule has 6 nitrogen and oxygen atoms in total. The molecule has 2 bridgehead atoms. The van der Waals surface area contributed by atoms with E-state index in [0.29, 0.717) is 28.7 Å². The third kappa shape index (κ3) is 3.48. The molecule has 1 aromatic carbocycles. The molecule has 0 aliphatic carbocycles. The summed E-state index contributed by atoms with van der Waals surface area (Å²) in [6.07, 6.45) is 2.32. The van der Waals surface area contributed by atoms with E-state index in [2.05, 4.69) is 10.2 Å². The van der Waals surface area contributed by atoms with Crippen LogP contribution in [0.1, 0.15) is 23.2 Å². The van der Waals surface area contributed by atoms with E-state index in [-0.39, 0.29) is 24.4 Å². The smallest absolute Gasteiger partial charge is 0.255 e. The van der Waals surface area contributed by atoms with E-state index >= 15 is 0 Å². The molecule has 3 N–H and O–H groups in total. The Hall–Kier alpha value is -1.66. The Kier molecular flexibility index (Phi) is 5.59. The Labute approximate surface area is 142 Å². The Morgan fingerprint density at radius 2 is 1.87 bits per heavy atom. The van der Waals surface area contributed by atoms with Crippen LogP contribution in [0.3, 0.4) is 0 Å². The van der Waals surface area contributed by atoms with Gasteiger partial charge in [0.1, 0.15) is 11.5 Å². The number of carbonyl (C=O) groups excluding carboxylic acids is 1. The maximum absolute atomic E-state index is 12.6. The fraction of sp³-hybridized carbons (Fsp3) is 0.562. The zero-order valence-electron chi connectivity index (χ0n) is 13.5. The third-order valence-corrected chi connectivity index (χ3v) is 4.77. The quantitative estimate of drug-likeness (QED) is 0.812. The number of halogens is 1. The number of ether oxygens (including phenoxy) is 2. The summed E-state index contributed by atoms with van der Waals surface area (Å²) in [5.74, 6) is 1.40. The number of methoxy groups -OCH3 is 2. The molecule has 3 fully saturated rings. The van der Waals surface area contributed by atoms with Gasteiger partial charge in [-0.1, -0.05) is 0 Å². The van der Waals surface area contributed by atoms with E-state index in [0.717, 1.165) is 32.5 Å². The van der Waals surface area contributed by atoms with Crippen molar-refractivity contribution in [2.45, 2.75) is 18.9 Å². The molecule has 0 spiro atoms. The number of amides is 1. The predicted octanol–water partition coefficient (Wildman–Crippen LogP) is 1.53. The lowest BCUT2D eigenvalue weighted by atomic mass is 9.84. The SMILES string of the molecule is COc1cc(C(=O)NC2CN3CCC2CC3)c(OC)cc1N.Cl. The van der Waals surface area contributed by atoms with E-state index in [1.165, 1.54) is 14.2 Å². The number of piperidine rings is 3. The summed E-state index contributed by atoms with van der Waals surface area (Å²) < 4.78 is 10.5. The summed E-state index contributed by atoms with van der Waals surface area (Å²) in [5.41, 5.74) is 6.79. The highest BCUT2D eigenvalue weighted by atomic mass is 35.5. The number of fused-ring (bicyclic) bond motifs is 3. The molecule has 0 aromatic heterocycles. The lowest BCUT2D eigenvalue weighted by molar-refractivity contribution is 0.0619. The topological polar surface area (TPSA) is 76.8 Å². The van der Waals surface area contributed by atoms with Gasteiger partial charge in [0.2, 0.25) is 0 Å². The first-order valence-electron chi connectivity index (χ1n) is 7.67. The third-order valence-electron chi connectivity index (χ3n) is 4.77. The average Bonchev–Trinajstić information content (AvgIpc) is 2.55. The van der Waals surface area contributed by atoms with E-state index in [4.69, 9.17) is 15.2 Å². The molecule has 0 saturated carbocycles. The maximum atomic E-state index is 12.6. The monoisotopic (exact) mass is 341 g/mol. The van der Waals surface area contributed by atoms with E-state index in [9.17, 15) is 4.79 Å². The first-order valence-corrected chi connectivity index (χ1v) is 7.67. The Morgan fingerprint density at radius 1 is 1.22 bits per heavy atom. The molecule has 1 aromatic rings. The molecule has 3 aliphatic rings. The largest absolute Gasteiger partial charge is 0.496 e. The van der Waals surface area contributed by atoms with Gasteiger partial charge >= 0.3 is 0 Å². The van der Waals surface area contributed by atoms with Gasteiger partial charge < -0.3 is 25.4 Å². The number of hydrogen-bond donors (Lipinski definition) is 2. The van der Waals surface area contributed by atoms with Crippen LogP contribution in [0, 0.1) is 5.92 Å². The second-order valence-electron chi connectivity index (χ2n) is 6.01. The number of nitrogens with zero attached hydrogens (tertiary/aromatic N) is 1. The molecule has 3 saturated heterocycles. The van der Waals surface area contributed by atoms with Crippen LogP contribution < -0.4 is 20.5 Å². The van der Waals surface area contributed by atoms with Crippen LogP contribution in [-0.2, 0) is 0 Å². The minimum absolute atomic E-state index is 0. The van der Waals surface area contributed by atoms with Gasteiger partial charge in [-0.3, -0.25) is 4.79 Å². The molecule has 0 radical (unpaired) electrons. The minimum Gasteiger partial charge on any atom is -0.496 e. The van der Waals surface area contributed by atoms with Gasteiger partial charge in [0, 0.05) is 18.7 Å². The fourth-order valence-corrected chi connectivity index (χ4v) is 3.47. The fourth-order valence-electron chi connectivity index (χ4n) is 3.47. The van der Waals surface area contributed by atoms with E-state index in [1.807, 2.05) is 0 Å². The van der Waals surface area contributed by atoms with Crippen LogP contribution >= 0.6 is 12.4 Å². The second-order valence-corrected chi connectivity index (χ2v) is 6.01. The van der Waals surface area contributed by atoms with Gasteiger partial charge in [-0.2, -0.15) is 0 Å². The summed E-state index contributed by atoms with van der Waals surface area (Å²) in [6.45, 7) is 3.23. The number of rotatable bonds is 4. The van der Waals surface area contributed by atoms with Crippen LogP contribution in [0.25, 0.3) is 0 Å². The number of nitrogens with two attached hydrogens (primary N) is 1. The summed E-state index contributed by atoms with van der Waals surface area (Å²) in [7, 11) is 3.07. The second kappa shape index (κ2) is 7.27. The van der Waals surface area contributed by atoms with Crippen LogP contribution in [-0.4, -0.2) is 50.7 Å². The minimum atomic E-state index is -0.131. The molecular formula is C16H24ClN3O3. The van der Waals surface area contributed by atoms with Crippen molar-refractivity contribution >= 4 is 24.0 Å². The molecule has 3 aliphatic heterocycles. The van der Waals surface area contributed by atoms with E-state index in [1.54, 1.807) is 12.1 Å². The predicted molar refractivity (Wildman–Crippen MR) is 91.6 cm³/mol. The summed E-state index contributed by atoms with van der Waals surface area (Å²) in [5, 5.41) is 3.16. The van der Waals surface area contributed by atoms with Gasteiger partial charge in [0.25, 0.3) is 5.91 Å². The van der Waals surface area contributed by atoms with Crippen molar-refractivity contribution in [1.82, 2.24) is 10.2 Å². The zero-order valence-corrected chi connectivity index (χ0v) is 14.3.